The third-order valence-corrected chi connectivity index (χ3v) is 5.51. The number of nitrogens with zero attached hydrogens (tertiary/aromatic N) is 2. The quantitative estimate of drug-likeness (QED) is 0.755. The first-order valence-electron chi connectivity index (χ1n) is 9.51. The van der Waals surface area contributed by atoms with E-state index in [0.29, 0.717) is 12.5 Å². The minimum absolute atomic E-state index is 0.0563. The molecule has 1 saturated heterocycles. The monoisotopic (exact) mass is 339 g/mol. The largest absolute Gasteiger partial charge is 0.480 e. The summed E-state index contributed by atoms with van der Waals surface area (Å²) in [6.45, 7) is 2.36. The van der Waals surface area contributed by atoms with Gasteiger partial charge in [0.25, 0.3) is 0 Å². The standard InChI is InChI=1S/C18H33N3O3/c1-20(14-17(22)23)16-9-6-11-21(12-10-16)18(24)19-13-15-7-4-2-3-5-8-15/h15-16H,2-14H2,1H3,(H,19,24)(H,22,23). The summed E-state index contributed by atoms with van der Waals surface area (Å²) in [5, 5.41) is 12.1. The van der Waals surface area contributed by atoms with Gasteiger partial charge in [-0.2, -0.15) is 0 Å². The van der Waals surface area contributed by atoms with Crippen LogP contribution < -0.4 is 5.32 Å². The van der Waals surface area contributed by atoms with E-state index in [2.05, 4.69) is 5.32 Å². The Bertz CT molecular complexity index is 408. The van der Waals surface area contributed by atoms with Crippen LogP contribution in [0.4, 0.5) is 4.79 Å². The van der Waals surface area contributed by atoms with Gasteiger partial charge in [-0.3, -0.25) is 9.69 Å². The average molecular weight is 339 g/mol. The first-order chi connectivity index (χ1) is 11.6. The molecule has 1 unspecified atom stereocenters. The van der Waals surface area contributed by atoms with Gasteiger partial charge in [-0.1, -0.05) is 25.7 Å². The summed E-state index contributed by atoms with van der Waals surface area (Å²) >= 11 is 0. The number of carbonyl (C=O) groups is 2. The van der Waals surface area contributed by atoms with Crippen molar-refractivity contribution in [1.29, 1.82) is 0 Å². The highest BCUT2D eigenvalue weighted by molar-refractivity contribution is 5.74. The van der Waals surface area contributed by atoms with Crippen LogP contribution in [0.15, 0.2) is 0 Å². The molecule has 24 heavy (non-hydrogen) atoms. The Labute approximate surface area is 145 Å². The van der Waals surface area contributed by atoms with Crippen molar-refractivity contribution in [3.8, 4) is 0 Å². The van der Waals surface area contributed by atoms with Crippen molar-refractivity contribution >= 4 is 12.0 Å². The van der Waals surface area contributed by atoms with Crippen molar-refractivity contribution < 1.29 is 14.7 Å². The van der Waals surface area contributed by atoms with Crippen LogP contribution in [0.25, 0.3) is 0 Å². The number of rotatable bonds is 5. The molecule has 1 heterocycles. The number of aliphatic carboxylic acids is 1. The topological polar surface area (TPSA) is 72.9 Å². The molecule has 6 nitrogen and oxygen atoms in total. The average Bonchev–Trinajstić information content (AvgIpc) is 2.94. The Morgan fingerprint density at radius 2 is 1.75 bits per heavy atom. The zero-order valence-corrected chi connectivity index (χ0v) is 15.0. The second-order valence-corrected chi connectivity index (χ2v) is 7.42. The van der Waals surface area contributed by atoms with E-state index < -0.39 is 5.97 Å². The van der Waals surface area contributed by atoms with Crippen LogP contribution >= 0.6 is 0 Å². The Balaban J connectivity index is 1.73. The van der Waals surface area contributed by atoms with Crippen molar-refractivity contribution in [1.82, 2.24) is 15.1 Å². The van der Waals surface area contributed by atoms with Gasteiger partial charge in [0.15, 0.2) is 0 Å². The Morgan fingerprint density at radius 3 is 2.42 bits per heavy atom. The number of carbonyl (C=O) groups excluding carboxylic acids is 1. The molecule has 0 aromatic heterocycles. The molecule has 0 aromatic rings. The van der Waals surface area contributed by atoms with Crippen LogP contribution in [0.5, 0.6) is 0 Å². The Hall–Kier alpha value is -1.30. The van der Waals surface area contributed by atoms with Gasteiger partial charge in [-0.05, 0) is 45.1 Å². The maximum Gasteiger partial charge on any atom is 0.317 e. The SMILES string of the molecule is CN(CC(=O)O)C1CCCN(C(=O)NCC2CCCCCC2)CC1. The molecule has 1 aliphatic carbocycles. The summed E-state index contributed by atoms with van der Waals surface area (Å²) in [5.74, 6) is -0.155. The zero-order chi connectivity index (χ0) is 17.4. The summed E-state index contributed by atoms with van der Waals surface area (Å²) in [4.78, 5) is 27.1. The van der Waals surface area contributed by atoms with Gasteiger partial charge in [0.2, 0.25) is 0 Å². The second kappa shape index (κ2) is 9.87. The van der Waals surface area contributed by atoms with Crippen LogP contribution in [0.3, 0.4) is 0 Å². The lowest BCUT2D eigenvalue weighted by molar-refractivity contribution is -0.138. The lowest BCUT2D eigenvalue weighted by Crippen LogP contribution is -2.43. The number of urea groups is 1. The fourth-order valence-corrected chi connectivity index (χ4v) is 3.98. The van der Waals surface area contributed by atoms with Crippen LogP contribution in [-0.2, 0) is 4.79 Å². The van der Waals surface area contributed by atoms with E-state index in [9.17, 15) is 9.59 Å². The molecule has 2 amide bonds. The van der Waals surface area contributed by atoms with Gasteiger partial charge in [0, 0.05) is 25.7 Å². The Kier molecular flexibility index (Phi) is 7.82. The summed E-state index contributed by atoms with van der Waals surface area (Å²) < 4.78 is 0. The molecule has 1 aliphatic heterocycles. The van der Waals surface area contributed by atoms with Crippen LogP contribution in [0.1, 0.15) is 57.8 Å². The highest BCUT2D eigenvalue weighted by atomic mass is 16.4. The molecule has 0 bridgehead atoms. The molecule has 0 radical (unpaired) electrons. The number of amides is 2. The molecule has 2 fully saturated rings. The summed E-state index contributed by atoms with van der Waals surface area (Å²) in [5.41, 5.74) is 0. The first-order valence-corrected chi connectivity index (χ1v) is 9.51. The minimum atomic E-state index is -0.792. The van der Waals surface area contributed by atoms with Crippen LogP contribution in [-0.4, -0.2) is 66.2 Å². The van der Waals surface area contributed by atoms with E-state index >= 15 is 0 Å². The van der Waals surface area contributed by atoms with Gasteiger partial charge < -0.3 is 15.3 Å². The fraction of sp³-hybridized carbons (Fsp3) is 0.889. The molecule has 2 aliphatic rings. The van der Waals surface area contributed by atoms with Crippen molar-refractivity contribution in [2.24, 2.45) is 5.92 Å². The maximum absolute atomic E-state index is 12.4. The number of likely N-dealkylation sites (N-methyl/N-ethyl adjacent to an activating group) is 1. The van der Waals surface area contributed by atoms with E-state index in [-0.39, 0.29) is 18.6 Å². The van der Waals surface area contributed by atoms with Crippen molar-refractivity contribution in [3.05, 3.63) is 0 Å². The van der Waals surface area contributed by atoms with E-state index in [4.69, 9.17) is 5.11 Å². The van der Waals surface area contributed by atoms with Gasteiger partial charge in [0.05, 0.1) is 6.54 Å². The van der Waals surface area contributed by atoms with Crippen molar-refractivity contribution in [2.45, 2.75) is 63.8 Å². The van der Waals surface area contributed by atoms with Gasteiger partial charge in [-0.15, -0.1) is 0 Å². The minimum Gasteiger partial charge on any atom is -0.480 e. The third-order valence-electron chi connectivity index (χ3n) is 5.51. The first kappa shape index (κ1) is 19.0. The molecule has 0 aromatic carbocycles. The molecular weight excluding hydrogens is 306 g/mol. The van der Waals surface area contributed by atoms with Gasteiger partial charge >= 0.3 is 12.0 Å². The molecule has 1 saturated carbocycles. The Morgan fingerprint density at radius 1 is 1.04 bits per heavy atom. The number of hydrogen-bond acceptors (Lipinski definition) is 3. The predicted octanol–water partition coefficient (Wildman–Crippen LogP) is 2.54. The lowest BCUT2D eigenvalue weighted by Gasteiger charge is -2.26. The van der Waals surface area contributed by atoms with Crippen molar-refractivity contribution in [3.63, 3.8) is 0 Å². The molecule has 2 rings (SSSR count). The van der Waals surface area contributed by atoms with Crippen molar-refractivity contribution in [2.75, 3.05) is 33.2 Å². The number of nitrogens with one attached hydrogen (secondary N) is 1. The van der Waals surface area contributed by atoms with Gasteiger partial charge in [0.1, 0.15) is 0 Å². The highest BCUT2D eigenvalue weighted by Gasteiger charge is 2.24. The smallest absolute Gasteiger partial charge is 0.317 e. The van der Waals surface area contributed by atoms with E-state index in [1.165, 1.54) is 38.5 Å². The summed E-state index contributed by atoms with van der Waals surface area (Å²) in [7, 11) is 1.86. The third kappa shape index (κ3) is 6.30. The molecule has 0 spiro atoms. The molecular formula is C18H33N3O3. The van der Waals surface area contributed by atoms with Crippen LogP contribution in [0.2, 0.25) is 0 Å². The van der Waals surface area contributed by atoms with E-state index in [1.54, 1.807) is 0 Å². The normalized spacial score (nSPS) is 23.6. The summed E-state index contributed by atoms with van der Waals surface area (Å²) in [6, 6.07) is 0.307. The van der Waals surface area contributed by atoms with Crippen LogP contribution in [0, 0.1) is 5.92 Å². The van der Waals surface area contributed by atoms with E-state index in [0.717, 1.165) is 32.4 Å². The molecule has 138 valence electrons. The lowest BCUT2D eigenvalue weighted by atomic mass is 10.0. The molecule has 1 atom stereocenters. The fourth-order valence-electron chi connectivity index (χ4n) is 3.98. The number of hydrogen-bond donors (Lipinski definition) is 2. The van der Waals surface area contributed by atoms with E-state index in [1.807, 2.05) is 16.8 Å². The highest BCUT2D eigenvalue weighted by Crippen LogP contribution is 2.22. The van der Waals surface area contributed by atoms with Gasteiger partial charge in [-0.25, -0.2) is 4.79 Å². The predicted molar refractivity (Wildman–Crippen MR) is 94.1 cm³/mol. The zero-order valence-electron chi connectivity index (χ0n) is 15.0. The molecule has 6 heteroatoms. The number of carboxylic acid groups (broad SMARTS) is 1. The summed E-state index contributed by atoms with van der Waals surface area (Å²) in [6.07, 6.45) is 10.5. The number of likely N-dealkylation sites (tertiary alicyclic amines) is 1. The molecule has 2 N–H and O–H groups in total. The number of carboxylic acids is 1. The second-order valence-electron chi connectivity index (χ2n) is 7.42. The maximum atomic E-state index is 12.4.